The van der Waals surface area contributed by atoms with Crippen LogP contribution in [-0.4, -0.2) is 27.9 Å². The molecule has 0 spiro atoms. The van der Waals surface area contributed by atoms with Gasteiger partial charge in [-0.15, -0.1) is 0 Å². The van der Waals surface area contributed by atoms with Crippen LogP contribution in [0.2, 0.25) is 0 Å². The number of hydrogen-bond acceptors (Lipinski definition) is 4. The van der Waals surface area contributed by atoms with E-state index in [4.69, 9.17) is 0 Å². The van der Waals surface area contributed by atoms with Gasteiger partial charge in [-0.2, -0.15) is 0 Å². The van der Waals surface area contributed by atoms with Crippen LogP contribution in [0.15, 0.2) is 48.5 Å². The number of nitro benzene ring substituents is 1. The van der Waals surface area contributed by atoms with Gasteiger partial charge in [0.1, 0.15) is 6.04 Å². The van der Waals surface area contributed by atoms with Gasteiger partial charge in [0.25, 0.3) is 5.69 Å². The maximum absolute atomic E-state index is 12.1. The Labute approximate surface area is 157 Å². The number of hydrogen-bond donors (Lipinski definition) is 2. The van der Waals surface area contributed by atoms with Gasteiger partial charge in [0.2, 0.25) is 5.91 Å². The number of halogens is 1. The van der Waals surface area contributed by atoms with Crippen molar-refractivity contribution in [1.82, 2.24) is 5.32 Å². The molecule has 0 aliphatic rings. The summed E-state index contributed by atoms with van der Waals surface area (Å²) in [5, 5.41) is 22.6. The SMILES string of the molecule is O=C(Cc1cccc([N+](=O)[O-])c1)N[C@@H](Cc1cccc(I)c1)C(=O)O. The first-order valence-electron chi connectivity index (χ1n) is 7.35. The lowest BCUT2D eigenvalue weighted by Gasteiger charge is -2.15. The third-order valence-corrected chi connectivity index (χ3v) is 4.12. The van der Waals surface area contributed by atoms with Crippen molar-refractivity contribution in [1.29, 1.82) is 0 Å². The van der Waals surface area contributed by atoms with Gasteiger partial charge >= 0.3 is 5.97 Å². The van der Waals surface area contributed by atoms with Crippen LogP contribution in [-0.2, 0) is 22.4 Å². The van der Waals surface area contributed by atoms with E-state index < -0.39 is 22.8 Å². The van der Waals surface area contributed by atoms with Crippen LogP contribution >= 0.6 is 22.6 Å². The molecule has 0 radical (unpaired) electrons. The van der Waals surface area contributed by atoms with E-state index in [9.17, 15) is 24.8 Å². The average Bonchev–Trinajstić information content (AvgIpc) is 2.54. The van der Waals surface area contributed by atoms with Crippen LogP contribution in [0.4, 0.5) is 5.69 Å². The van der Waals surface area contributed by atoms with E-state index in [1.165, 1.54) is 18.2 Å². The molecular weight excluding hydrogens is 439 g/mol. The Kier molecular flexibility index (Phi) is 6.45. The molecule has 0 saturated heterocycles. The molecule has 0 heterocycles. The van der Waals surface area contributed by atoms with Gasteiger partial charge in [-0.3, -0.25) is 14.9 Å². The molecule has 0 bridgehead atoms. The number of carbonyl (C=O) groups is 2. The Balaban J connectivity index is 2.04. The zero-order valence-corrected chi connectivity index (χ0v) is 15.2. The predicted octanol–water partition coefficient (Wildman–Crippen LogP) is 2.55. The summed E-state index contributed by atoms with van der Waals surface area (Å²) in [6.45, 7) is 0. The van der Waals surface area contributed by atoms with E-state index in [1.807, 2.05) is 18.2 Å². The molecule has 0 aliphatic carbocycles. The Morgan fingerprint density at radius 1 is 1.16 bits per heavy atom. The third-order valence-electron chi connectivity index (χ3n) is 3.45. The minimum absolute atomic E-state index is 0.112. The highest BCUT2D eigenvalue weighted by atomic mass is 127. The first-order chi connectivity index (χ1) is 11.8. The van der Waals surface area contributed by atoms with Gasteiger partial charge in [0.05, 0.1) is 11.3 Å². The fourth-order valence-corrected chi connectivity index (χ4v) is 2.92. The van der Waals surface area contributed by atoms with E-state index in [-0.39, 0.29) is 18.5 Å². The number of nitrogens with one attached hydrogen (secondary N) is 1. The highest BCUT2D eigenvalue weighted by Crippen LogP contribution is 2.14. The zero-order chi connectivity index (χ0) is 18.4. The van der Waals surface area contributed by atoms with E-state index in [2.05, 4.69) is 27.9 Å². The quantitative estimate of drug-likeness (QED) is 0.380. The van der Waals surface area contributed by atoms with Crippen molar-refractivity contribution in [2.24, 2.45) is 0 Å². The maximum atomic E-state index is 12.1. The van der Waals surface area contributed by atoms with Crippen molar-refractivity contribution in [3.05, 3.63) is 73.3 Å². The fourth-order valence-electron chi connectivity index (χ4n) is 2.31. The summed E-state index contributed by atoms with van der Waals surface area (Å²) in [4.78, 5) is 33.8. The van der Waals surface area contributed by atoms with Crippen molar-refractivity contribution >= 4 is 40.2 Å². The molecule has 0 fully saturated rings. The maximum Gasteiger partial charge on any atom is 0.326 e. The Morgan fingerprint density at radius 3 is 2.48 bits per heavy atom. The van der Waals surface area contributed by atoms with Crippen LogP contribution in [0.1, 0.15) is 11.1 Å². The summed E-state index contributed by atoms with van der Waals surface area (Å²) in [5.74, 6) is -1.63. The smallest absolute Gasteiger partial charge is 0.326 e. The summed E-state index contributed by atoms with van der Waals surface area (Å²) < 4.78 is 0.974. The van der Waals surface area contributed by atoms with Crippen molar-refractivity contribution in [2.75, 3.05) is 0 Å². The molecule has 0 saturated carbocycles. The lowest BCUT2D eigenvalue weighted by molar-refractivity contribution is -0.384. The number of benzene rings is 2. The fraction of sp³-hybridized carbons (Fsp3) is 0.176. The summed E-state index contributed by atoms with van der Waals surface area (Å²) in [5.41, 5.74) is 1.14. The standard InChI is InChI=1S/C17H15IN2O5/c18-13-5-1-3-11(7-13)9-15(17(22)23)19-16(21)10-12-4-2-6-14(8-12)20(24)25/h1-8,15H,9-10H2,(H,19,21)(H,22,23)/t15-/m0/s1. The van der Waals surface area contributed by atoms with E-state index in [0.29, 0.717) is 5.56 Å². The zero-order valence-electron chi connectivity index (χ0n) is 13.0. The highest BCUT2D eigenvalue weighted by molar-refractivity contribution is 14.1. The number of carboxylic acids is 1. The number of carboxylic acid groups (broad SMARTS) is 1. The summed E-state index contributed by atoms with van der Waals surface area (Å²) in [6.07, 6.45) is 0.0324. The highest BCUT2D eigenvalue weighted by Gasteiger charge is 2.21. The number of rotatable bonds is 7. The minimum atomic E-state index is -1.13. The predicted molar refractivity (Wildman–Crippen MR) is 99.2 cm³/mol. The van der Waals surface area contributed by atoms with Crippen LogP contribution in [0.5, 0.6) is 0 Å². The summed E-state index contributed by atoms with van der Waals surface area (Å²) in [7, 11) is 0. The molecule has 7 nitrogen and oxygen atoms in total. The van der Waals surface area contributed by atoms with Crippen LogP contribution in [0.3, 0.4) is 0 Å². The van der Waals surface area contributed by atoms with E-state index >= 15 is 0 Å². The van der Waals surface area contributed by atoms with Gasteiger partial charge in [0, 0.05) is 22.1 Å². The molecule has 130 valence electrons. The number of aliphatic carboxylic acids is 1. The Hall–Kier alpha value is -2.49. The molecule has 2 aromatic carbocycles. The first kappa shape index (κ1) is 18.8. The van der Waals surface area contributed by atoms with E-state index in [0.717, 1.165) is 9.13 Å². The average molecular weight is 454 g/mol. The third kappa shape index (κ3) is 5.82. The van der Waals surface area contributed by atoms with Crippen LogP contribution < -0.4 is 5.32 Å². The van der Waals surface area contributed by atoms with Gasteiger partial charge < -0.3 is 10.4 Å². The Morgan fingerprint density at radius 2 is 1.84 bits per heavy atom. The molecule has 8 heteroatoms. The van der Waals surface area contributed by atoms with Gasteiger partial charge in [-0.25, -0.2) is 4.79 Å². The minimum Gasteiger partial charge on any atom is -0.480 e. The lowest BCUT2D eigenvalue weighted by atomic mass is 10.1. The van der Waals surface area contributed by atoms with Gasteiger partial charge in [-0.1, -0.05) is 24.3 Å². The van der Waals surface area contributed by atoms with Gasteiger partial charge in [0.15, 0.2) is 0 Å². The number of carbonyl (C=O) groups excluding carboxylic acids is 1. The largest absolute Gasteiger partial charge is 0.480 e. The molecule has 2 aromatic rings. The molecule has 0 aromatic heterocycles. The van der Waals surface area contributed by atoms with Crippen LogP contribution in [0, 0.1) is 13.7 Å². The van der Waals surface area contributed by atoms with Gasteiger partial charge in [-0.05, 0) is 45.9 Å². The second-order valence-electron chi connectivity index (χ2n) is 5.40. The number of amides is 1. The van der Waals surface area contributed by atoms with Crippen LogP contribution in [0.25, 0.3) is 0 Å². The monoisotopic (exact) mass is 454 g/mol. The lowest BCUT2D eigenvalue weighted by Crippen LogP contribution is -2.43. The number of non-ortho nitro benzene ring substituents is 1. The molecule has 1 amide bonds. The van der Waals surface area contributed by atoms with E-state index in [1.54, 1.807) is 12.1 Å². The number of nitrogens with zero attached hydrogens (tertiary/aromatic N) is 1. The summed E-state index contributed by atoms with van der Waals surface area (Å²) >= 11 is 2.13. The molecule has 1 atom stereocenters. The second-order valence-corrected chi connectivity index (χ2v) is 6.64. The van der Waals surface area contributed by atoms with Crippen molar-refractivity contribution in [2.45, 2.75) is 18.9 Å². The molecular formula is C17H15IN2O5. The second kappa shape index (κ2) is 8.56. The molecule has 2 rings (SSSR count). The normalized spacial score (nSPS) is 11.6. The topological polar surface area (TPSA) is 110 Å². The van der Waals surface area contributed by atoms with Crippen molar-refractivity contribution in [3.8, 4) is 0 Å². The molecule has 2 N–H and O–H groups in total. The molecule has 25 heavy (non-hydrogen) atoms. The summed E-state index contributed by atoms with van der Waals surface area (Å²) in [6, 6.07) is 12.0. The van der Waals surface area contributed by atoms with Crippen molar-refractivity contribution in [3.63, 3.8) is 0 Å². The molecule has 0 unspecified atom stereocenters. The Bertz CT molecular complexity index is 809. The first-order valence-corrected chi connectivity index (χ1v) is 8.43. The molecule has 0 aliphatic heterocycles. The van der Waals surface area contributed by atoms with Crippen molar-refractivity contribution < 1.29 is 19.6 Å². The number of nitro groups is 1.